The maximum atomic E-state index is 9.78. The molecule has 0 saturated heterocycles. The van der Waals surface area contributed by atoms with E-state index in [-0.39, 0.29) is 17.2 Å². The van der Waals surface area contributed by atoms with Crippen molar-refractivity contribution in [1.29, 1.82) is 0 Å². The molecule has 5 nitrogen and oxygen atoms in total. The van der Waals surface area contributed by atoms with Crippen LogP contribution in [0.25, 0.3) is 0 Å². The van der Waals surface area contributed by atoms with E-state index in [0.717, 1.165) is 5.56 Å². The minimum absolute atomic E-state index is 0.173. The standard InChI is InChI=1S/C15H15NO4/c17-12-4-1-10(2-5-12)8-15(20)16-9-11-3-6-13(18)14(19)7-11/h1-7,9,15,17-20H,8H2. The Hall–Kier alpha value is -2.53. The van der Waals surface area contributed by atoms with Crippen LogP contribution >= 0.6 is 0 Å². The third-order valence-electron chi connectivity index (χ3n) is 2.75. The second kappa shape index (κ2) is 6.08. The largest absolute Gasteiger partial charge is 0.508 e. The molecule has 0 aliphatic rings. The molecule has 0 aliphatic heterocycles. The molecule has 5 heteroatoms. The van der Waals surface area contributed by atoms with Crippen LogP contribution in [-0.4, -0.2) is 32.9 Å². The molecule has 2 aromatic rings. The number of hydrogen-bond acceptors (Lipinski definition) is 5. The Morgan fingerprint density at radius 2 is 1.65 bits per heavy atom. The fraction of sp³-hybridized carbons (Fsp3) is 0.133. The smallest absolute Gasteiger partial charge is 0.158 e. The predicted octanol–water partition coefficient (Wildman–Crippen LogP) is 1.78. The van der Waals surface area contributed by atoms with Gasteiger partial charge in [0.1, 0.15) is 12.0 Å². The Kier molecular flexibility index (Phi) is 4.22. The van der Waals surface area contributed by atoms with E-state index in [9.17, 15) is 15.3 Å². The van der Waals surface area contributed by atoms with E-state index in [1.165, 1.54) is 18.3 Å². The van der Waals surface area contributed by atoms with Crippen molar-refractivity contribution in [2.45, 2.75) is 12.6 Å². The lowest BCUT2D eigenvalue weighted by Gasteiger charge is -2.06. The summed E-state index contributed by atoms with van der Waals surface area (Å²) in [4.78, 5) is 3.96. The van der Waals surface area contributed by atoms with Gasteiger partial charge >= 0.3 is 0 Å². The molecule has 0 bridgehead atoms. The lowest BCUT2D eigenvalue weighted by molar-refractivity contribution is 0.186. The molecule has 0 radical (unpaired) electrons. The van der Waals surface area contributed by atoms with Gasteiger partial charge in [-0.05, 0) is 41.5 Å². The molecule has 0 aliphatic carbocycles. The minimum atomic E-state index is -0.921. The molecule has 0 aromatic heterocycles. The van der Waals surface area contributed by atoms with Crippen molar-refractivity contribution in [1.82, 2.24) is 0 Å². The Morgan fingerprint density at radius 3 is 2.30 bits per heavy atom. The molecule has 0 fully saturated rings. The second-order valence-electron chi connectivity index (χ2n) is 4.38. The van der Waals surface area contributed by atoms with Crippen LogP contribution in [0.15, 0.2) is 47.5 Å². The SMILES string of the molecule is Oc1ccc(CC(O)N=Cc2ccc(O)c(O)c2)cc1. The number of benzene rings is 2. The quantitative estimate of drug-likeness (QED) is 0.504. The topological polar surface area (TPSA) is 93.3 Å². The Bertz CT molecular complexity index is 608. The normalized spacial score (nSPS) is 12.7. The fourth-order valence-electron chi connectivity index (χ4n) is 1.69. The fourth-order valence-corrected chi connectivity index (χ4v) is 1.69. The van der Waals surface area contributed by atoms with Gasteiger partial charge in [-0.2, -0.15) is 0 Å². The Morgan fingerprint density at radius 1 is 0.950 bits per heavy atom. The summed E-state index contributed by atoms with van der Waals surface area (Å²) in [6.45, 7) is 0. The number of aliphatic imine (C=N–C) groups is 1. The molecular formula is C15H15NO4. The average molecular weight is 273 g/mol. The number of aliphatic hydroxyl groups is 1. The number of aromatic hydroxyl groups is 3. The van der Waals surface area contributed by atoms with E-state index in [4.69, 9.17) is 5.11 Å². The summed E-state index contributed by atoms with van der Waals surface area (Å²) in [6, 6.07) is 10.8. The monoisotopic (exact) mass is 273 g/mol. The average Bonchev–Trinajstić information content (AvgIpc) is 2.43. The third-order valence-corrected chi connectivity index (χ3v) is 2.75. The van der Waals surface area contributed by atoms with Crippen molar-refractivity contribution >= 4 is 6.21 Å². The van der Waals surface area contributed by atoms with E-state index in [1.54, 1.807) is 30.3 Å². The van der Waals surface area contributed by atoms with Crippen LogP contribution in [0.4, 0.5) is 0 Å². The summed E-state index contributed by atoms with van der Waals surface area (Å²) < 4.78 is 0. The van der Waals surface area contributed by atoms with Crippen molar-refractivity contribution in [3.63, 3.8) is 0 Å². The molecule has 0 heterocycles. The second-order valence-corrected chi connectivity index (χ2v) is 4.38. The first kappa shape index (κ1) is 13.9. The van der Waals surface area contributed by atoms with Crippen molar-refractivity contribution in [3.05, 3.63) is 53.6 Å². The van der Waals surface area contributed by atoms with Gasteiger partial charge in [-0.15, -0.1) is 0 Å². The van der Waals surface area contributed by atoms with Crippen LogP contribution in [0.1, 0.15) is 11.1 Å². The third kappa shape index (κ3) is 3.73. The number of hydrogen-bond donors (Lipinski definition) is 4. The van der Waals surface area contributed by atoms with E-state index in [2.05, 4.69) is 4.99 Å². The zero-order chi connectivity index (χ0) is 14.5. The van der Waals surface area contributed by atoms with Crippen LogP contribution in [0.2, 0.25) is 0 Å². The molecule has 0 amide bonds. The van der Waals surface area contributed by atoms with Gasteiger partial charge < -0.3 is 20.4 Å². The van der Waals surface area contributed by atoms with Gasteiger partial charge in [-0.25, -0.2) is 0 Å². The molecular weight excluding hydrogens is 258 g/mol. The first-order chi connectivity index (χ1) is 9.54. The van der Waals surface area contributed by atoms with Crippen LogP contribution in [-0.2, 0) is 6.42 Å². The maximum absolute atomic E-state index is 9.78. The van der Waals surface area contributed by atoms with Crippen molar-refractivity contribution in [3.8, 4) is 17.2 Å². The lowest BCUT2D eigenvalue weighted by atomic mass is 10.1. The molecule has 2 rings (SSSR count). The van der Waals surface area contributed by atoms with Gasteiger partial charge in [0.15, 0.2) is 11.5 Å². The first-order valence-corrected chi connectivity index (χ1v) is 6.06. The summed E-state index contributed by atoms with van der Waals surface area (Å²) in [5.74, 6) is -0.264. The predicted molar refractivity (Wildman–Crippen MR) is 75.2 cm³/mol. The minimum Gasteiger partial charge on any atom is -0.508 e. The Balaban J connectivity index is 1.99. The molecule has 4 N–H and O–H groups in total. The molecule has 0 saturated carbocycles. The van der Waals surface area contributed by atoms with Crippen molar-refractivity contribution in [2.75, 3.05) is 0 Å². The highest BCUT2D eigenvalue weighted by Gasteiger charge is 2.03. The highest BCUT2D eigenvalue weighted by atomic mass is 16.3. The van der Waals surface area contributed by atoms with Gasteiger partial charge in [0.2, 0.25) is 0 Å². The summed E-state index contributed by atoms with van der Waals surface area (Å²) >= 11 is 0. The molecule has 1 unspecified atom stereocenters. The van der Waals surface area contributed by atoms with Gasteiger partial charge in [0.05, 0.1) is 0 Å². The lowest BCUT2D eigenvalue weighted by Crippen LogP contribution is -2.07. The number of phenols is 3. The number of phenolic OH excluding ortho intramolecular Hbond substituents is 3. The van der Waals surface area contributed by atoms with E-state index in [1.807, 2.05) is 0 Å². The molecule has 1 atom stereocenters. The highest BCUT2D eigenvalue weighted by Crippen LogP contribution is 2.24. The van der Waals surface area contributed by atoms with Crippen LogP contribution in [0.3, 0.4) is 0 Å². The van der Waals surface area contributed by atoms with Crippen molar-refractivity contribution < 1.29 is 20.4 Å². The van der Waals surface area contributed by atoms with Gasteiger partial charge in [0.25, 0.3) is 0 Å². The van der Waals surface area contributed by atoms with Gasteiger partial charge in [-0.3, -0.25) is 4.99 Å². The van der Waals surface area contributed by atoms with Crippen LogP contribution in [0, 0.1) is 0 Å². The van der Waals surface area contributed by atoms with Crippen molar-refractivity contribution in [2.24, 2.45) is 4.99 Å². The highest BCUT2D eigenvalue weighted by molar-refractivity contribution is 5.80. The first-order valence-electron chi connectivity index (χ1n) is 6.06. The number of nitrogens with zero attached hydrogens (tertiary/aromatic N) is 1. The molecule has 20 heavy (non-hydrogen) atoms. The van der Waals surface area contributed by atoms with E-state index >= 15 is 0 Å². The van der Waals surface area contributed by atoms with Crippen LogP contribution < -0.4 is 0 Å². The number of rotatable bonds is 4. The van der Waals surface area contributed by atoms with E-state index < -0.39 is 6.23 Å². The summed E-state index contributed by atoms with van der Waals surface area (Å²) in [7, 11) is 0. The van der Waals surface area contributed by atoms with Gasteiger partial charge in [0, 0.05) is 12.6 Å². The molecule has 104 valence electrons. The zero-order valence-corrected chi connectivity index (χ0v) is 10.6. The summed E-state index contributed by atoms with van der Waals surface area (Å²) in [6.07, 6.45) is 0.820. The summed E-state index contributed by atoms with van der Waals surface area (Å²) in [5.41, 5.74) is 1.42. The summed E-state index contributed by atoms with van der Waals surface area (Å²) in [5, 5.41) is 37.4. The molecule has 2 aromatic carbocycles. The van der Waals surface area contributed by atoms with Crippen LogP contribution in [0.5, 0.6) is 17.2 Å². The number of aliphatic hydroxyl groups excluding tert-OH is 1. The molecule has 0 spiro atoms. The maximum Gasteiger partial charge on any atom is 0.158 e. The Labute approximate surface area is 116 Å². The van der Waals surface area contributed by atoms with Gasteiger partial charge in [-0.1, -0.05) is 12.1 Å². The van der Waals surface area contributed by atoms with E-state index in [0.29, 0.717) is 12.0 Å². The zero-order valence-electron chi connectivity index (χ0n) is 10.6.